The van der Waals surface area contributed by atoms with E-state index in [0.29, 0.717) is 21.8 Å². The van der Waals surface area contributed by atoms with E-state index in [1.807, 2.05) is 19.1 Å². The quantitative estimate of drug-likeness (QED) is 0.340. The molecule has 0 aliphatic carbocycles. The van der Waals surface area contributed by atoms with E-state index in [-0.39, 0.29) is 24.3 Å². The average Bonchev–Trinajstić information content (AvgIpc) is 3.24. The third-order valence-electron chi connectivity index (χ3n) is 4.84. The van der Waals surface area contributed by atoms with Crippen LogP contribution in [0.4, 0.5) is 5.00 Å². The first-order chi connectivity index (χ1) is 16.4. The largest absolute Gasteiger partial charge is 0.484 e. The van der Waals surface area contributed by atoms with Crippen LogP contribution in [0.25, 0.3) is 16.5 Å². The topological polar surface area (TPSA) is 99.5 Å². The fourth-order valence-corrected chi connectivity index (χ4v) is 4.41. The number of nitrogens with zero attached hydrogens (tertiary/aromatic N) is 2. The molecule has 0 unspecified atom stereocenters. The molecular formula is C24H20BrN3O5S. The Morgan fingerprint density at radius 2 is 1.82 bits per heavy atom. The maximum Gasteiger partial charge on any atom is 0.359 e. The van der Waals surface area contributed by atoms with E-state index in [1.54, 1.807) is 48.7 Å². The number of carbonyl (C=O) groups is 2. The van der Waals surface area contributed by atoms with Crippen LogP contribution in [-0.2, 0) is 9.53 Å². The Hall–Kier alpha value is -3.50. The van der Waals surface area contributed by atoms with Crippen molar-refractivity contribution < 1.29 is 19.1 Å². The number of hydrogen-bond donors (Lipinski definition) is 1. The van der Waals surface area contributed by atoms with Crippen molar-refractivity contribution in [2.45, 2.75) is 13.8 Å². The van der Waals surface area contributed by atoms with Gasteiger partial charge in [0.05, 0.1) is 17.7 Å². The van der Waals surface area contributed by atoms with Gasteiger partial charge in [-0.15, -0.1) is 11.3 Å². The van der Waals surface area contributed by atoms with Crippen molar-refractivity contribution in [1.82, 2.24) is 9.78 Å². The first-order valence-corrected chi connectivity index (χ1v) is 12.0. The summed E-state index contributed by atoms with van der Waals surface area (Å²) in [6.07, 6.45) is 0. The lowest BCUT2D eigenvalue weighted by Crippen LogP contribution is -2.26. The molecule has 0 aliphatic rings. The zero-order valence-electron chi connectivity index (χ0n) is 18.3. The monoisotopic (exact) mass is 541 g/mol. The molecule has 0 radical (unpaired) electrons. The van der Waals surface area contributed by atoms with Gasteiger partial charge < -0.3 is 14.8 Å². The highest BCUT2D eigenvalue weighted by atomic mass is 79.9. The molecule has 4 rings (SSSR count). The second-order valence-corrected chi connectivity index (χ2v) is 9.06. The van der Waals surface area contributed by atoms with Crippen molar-refractivity contribution in [3.8, 4) is 11.4 Å². The summed E-state index contributed by atoms with van der Waals surface area (Å²) in [6.45, 7) is 3.56. The van der Waals surface area contributed by atoms with Gasteiger partial charge in [0, 0.05) is 15.2 Å². The lowest BCUT2D eigenvalue weighted by Gasteiger charge is -2.10. The van der Waals surface area contributed by atoms with Crippen LogP contribution in [0.15, 0.2) is 63.2 Å². The first-order valence-electron chi connectivity index (χ1n) is 10.3. The van der Waals surface area contributed by atoms with E-state index in [9.17, 15) is 14.4 Å². The SMILES string of the molecule is CCOC(=O)c1nn(-c2ccc(Br)cc2)c(=O)c2c(NC(=O)COc3ccc(C)cc3)scc12. The molecular weight excluding hydrogens is 522 g/mol. The van der Waals surface area contributed by atoms with Crippen LogP contribution >= 0.6 is 27.3 Å². The van der Waals surface area contributed by atoms with Gasteiger partial charge in [-0.3, -0.25) is 9.59 Å². The normalized spacial score (nSPS) is 10.8. The van der Waals surface area contributed by atoms with Gasteiger partial charge in [0.2, 0.25) is 0 Å². The zero-order chi connectivity index (χ0) is 24.2. The van der Waals surface area contributed by atoms with Crippen molar-refractivity contribution in [2.75, 3.05) is 18.5 Å². The summed E-state index contributed by atoms with van der Waals surface area (Å²) in [5.74, 6) is -0.534. The van der Waals surface area contributed by atoms with Gasteiger partial charge in [-0.2, -0.15) is 9.78 Å². The number of rotatable bonds is 7. The molecule has 4 aromatic rings. The minimum atomic E-state index is -0.656. The summed E-state index contributed by atoms with van der Waals surface area (Å²) in [7, 11) is 0. The number of hydrogen-bond acceptors (Lipinski definition) is 7. The van der Waals surface area contributed by atoms with Gasteiger partial charge in [0.1, 0.15) is 10.8 Å². The molecule has 0 atom stereocenters. The maximum absolute atomic E-state index is 13.4. The number of esters is 1. The van der Waals surface area contributed by atoms with Crippen molar-refractivity contribution in [1.29, 1.82) is 0 Å². The van der Waals surface area contributed by atoms with E-state index < -0.39 is 17.4 Å². The zero-order valence-corrected chi connectivity index (χ0v) is 20.7. The number of benzene rings is 2. The highest BCUT2D eigenvalue weighted by molar-refractivity contribution is 9.10. The third-order valence-corrected chi connectivity index (χ3v) is 6.26. The molecule has 10 heteroatoms. The number of carbonyl (C=O) groups excluding carboxylic acids is 2. The van der Waals surface area contributed by atoms with Crippen LogP contribution in [0.5, 0.6) is 5.75 Å². The van der Waals surface area contributed by atoms with E-state index in [1.165, 1.54) is 0 Å². The summed E-state index contributed by atoms with van der Waals surface area (Å²) in [4.78, 5) is 38.6. The molecule has 2 aromatic heterocycles. The van der Waals surface area contributed by atoms with Gasteiger partial charge in [-0.05, 0) is 50.2 Å². The lowest BCUT2D eigenvalue weighted by atomic mass is 10.2. The second-order valence-electron chi connectivity index (χ2n) is 7.27. The molecule has 0 bridgehead atoms. The van der Waals surface area contributed by atoms with Gasteiger partial charge >= 0.3 is 5.97 Å². The first kappa shape index (κ1) is 23.7. The minimum absolute atomic E-state index is 0.00739. The number of ether oxygens (including phenoxy) is 2. The molecule has 0 saturated carbocycles. The Kier molecular flexibility index (Phi) is 7.09. The molecule has 0 spiro atoms. The number of fused-ring (bicyclic) bond motifs is 1. The number of aryl methyl sites for hydroxylation is 1. The van der Waals surface area contributed by atoms with Gasteiger partial charge in [-0.25, -0.2) is 4.79 Å². The number of aromatic nitrogens is 2. The molecule has 174 valence electrons. The summed E-state index contributed by atoms with van der Waals surface area (Å²) in [6, 6.07) is 14.2. The summed E-state index contributed by atoms with van der Waals surface area (Å²) < 4.78 is 12.6. The van der Waals surface area contributed by atoms with Crippen molar-refractivity contribution in [3.05, 3.63) is 80.0 Å². The summed E-state index contributed by atoms with van der Waals surface area (Å²) in [5, 5.41) is 9.41. The van der Waals surface area contributed by atoms with Crippen LogP contribution in [0.1, 0.15) is 23.0 Å². The van der Waals surface area contributed by atoms with E-state index >= 15 is 0 Å². The van der Waals surface area contributed by atoms with Crippen LogP contribution < -0.4 is 15.6 Å². The highest BCUT2D eigenvalue weighted by Crippen LogP contribution is 2.30. The third kappa shape index (κ3) is 5.02. The maximum atomic E-state index is 13.4. The molecule has 0 saturated heterocycles. The molecule has 2 aromatic carbocycles. The molecule has 0 fully saturated rings. The highest BCUT2D eigenvalue weighted by Gasteiger charge is 2.23. The van der Waals surface area contributed by atoms with Crippen LogP contribution in [0.2, 0.25) is 0 Å². The van der Waals surface area contributed by atoms with Crippen LogP contribution in [0.3, 0.4) is 0 Å². The summed E-state index contributed by atoms with van der Waals surface area (Å²) >= 11 is 4.49. The smallest absolute Gasteiger partial charge is 0.359 e. The molecule has 2 heterocycles. The average molecular weight is 542 g/mol. The Balaban J connectivity index is 1.70. The Bertz CT molecular complexity index is 1410. The van der Waals surface area contributed by atoms with E-state index in [4.69, 9.17) is 9.47 Å². The molecule has 8 nitrogen and oxygen atoms in total. The Morgan fingerprint density at radius 3 is 2.50 bits per heavy atom. The Morgan fingerprint density at radius 1 is 1.12 bits per heavy atom. The fourth-order valence-electron chi connectivity index (χ4n) is 3.20. The van der Waals surface area contributed by atoms with Gasteiger partial charge in [0.25, 0.3) is 11.5 Å². The number of thiophene rings is 1. The second kappa shape index (κ2) is 10.2. The number of nitrogens with one attached hydrogen (secondary N) is 1. The van der Waals surface area contributed by atoms with Crippen LogP contribution in [-0.4, -0.2) is 34.9 Å². The van der Waals surface area contributed by atoms with Crippen molar-refractivity contribution >= 4 is 54.9 Å². The van der Waals surface area contributed by atoms with Gasteiger partial charge in [0.15, 0.2) is 12.3 Å². The number of anilines is 1. The predicted octanol–water partition coefficient (Wildman–Crippen LogP) is 4.71. The minimum Gasteiger partial charge on any atom is -0.484 e. The van der Waals surface area contributed by atoms with E-state index in [0.717, 1.165) is 26.1 Å². The van der Waals surface area contributed by atoms with Crippen molar-refractivity contribution in [3.63, 3.8) is 0 Å². The molecule has 1 amide bonds. The number of halogens is 1. The predicted molar refractivity (Wildman–Crippen MR) is 134 cm³/mol. The van der Waals surface area contributed by atoms with Crippen LogP contribution in [0, 0.1) is 6.92 Å². The van der Waals surface area contributed by atoms with Gasteiger partial charge in [-0.1, -0.05) is 33.6 Å². The molecule has 34 heavy (non-hydrogen) atoms. The lowest BCUT2D eigenvalue weighted by molar-refractivity contribution is -0.118. The van der Waals surface area contributed by atoms with E-state index in [2.05, 4.69) is 26.3 Å². The van der Waals surface area contributed by atoms with Crippen molar-refractivity contribution in [2.24, 2.45) is 0 Å². The Labute approximate surface area is 207 Å². The molecule has 1 N–H and O–H groups in total. The summed E-state index contributed by atoms with van der Waals surface area (Å²) in [5.41, 5.74) is 1.06. The standard InChI is InChI=1S/C24H20BrN3O5S/c1-3-32-24(31)21-18-13-34-22(26-19(29)12-33-17-10-4-14(2)5-11-17)20(18)23(30)28(27-21)16-8-6-15(25)7-9-16/h4-11,13H,3,12H2,1-2H3,(H,26,29). The fraction of sp³-hybridized carbons (Fsp3) is 0.167. The number of amides is 1. The molecule has 0 aliphatic heterocycles.